The first-order valence-corrected chi connectivity index (χ1v) is 8.81. The lowest BCUT2D eigenvalue weighted by Gasteiger charge is -2.38. The number of carbonyl (C=O) groups excluding carboxylic acids is 1. The highest BCUT2D eigenvalue weighted by Crippen LogP contribution is 2.35. The Bertz CT molecular complexity index is 600. The predicted molar refractivity (Wildman–Crippen MR) is 93.8 cm³/mol. The SMILES string of the molecule is C[C@@H]1CN([C@@H](C)CNC(=O)NCc2cccc3c2OCO3)C[C@H](C)O1. The Hall–Kier alpha value is -1.99. The van der Waals surface area contributed by atoms with E-state index in [1.807, 2.05) is 18.2 Å². The lowest BCUT2D eigenvalue weighted by atomic mass is 10.1. The maximum absolute atomic E-state index is 12.1. The van der Waals surface area contributed by atoms with Crippen molar-refractivity contribution >= 4 is 6.03 Å². The Balaban J connectivity index is 1.43. The summed E-state index contributed by atoms with van der Waals surface area (Å²) in [5.74, 6) is 1.44. The molecule has 0 radical (unpaired) electrons. The topological polar surface area (TPSA) is 72.1 Å². The number of hydrogen-bond acceptors (Lipinski definition) is 5. The molecular weight excluding hydrogens is 322 g/mol. The molecule has 1 aromatic carbocycles. The highest BCUT2D eigenvalue weighted by Gasteiger charge is 2.25. The molecule has 1 aromatic rings. The quantitative estimate of drug-likeness (QED) is 0.847. The molecule has 3 rings (SSSR count). The zero-order chi connectivity index (χ0) is 17.8. The van der Waals surface area contributed by atoms with Crippen LogP contribution < -0.4 is 20.1 Å². The van der Waals surface area contributed by atoms with E-state index in [9.17, 15) is 4.79 Å². The number of para-hydroxylation sites is 1. The molecule has 138 valence electrons. The molecule has 7 heteroatoms. The minimum absolute atomic E-state index is 0.183. The maximum Gasteiger partial charge on any atom is 0.315 e. The highest BCUT2D eigenvalue weighted by atomic mass is 16.7. The molecule has 0 aromatic heterocycles. The molecule has 0 spiro atoms. The van der Waals surface area contributed by atoms with Crippen molar-refractivity contribution < 1.29 is 19.0 Å². The van der Waals surface area contributed by atoms with Crippen LogP contribution in [0.5, 0.6) is 11.5 Å². The molecule has 2 amide bonds. The van der Waals surface area contributed by atoms with Crippen LogP contribution in [0.2, 0.25) is 0 Å². The molecule has 2 aliphatic heterocycles. The van der Waals surface area contributed by atoms with Gasteiger partial charge in [0.25, 0.3) is 0 Å². The number of nitrogens with one attached hydrogen (secondary N) is 2. The Morgan fingerprint density at radius 2 is 2.00 bits per heavy atom. The molecule has 0 bridgehead atoms. The van der Waals surface area contributed by atoms with Gasteiger partial charge in [-0.15, -0.1) is 0 Å². The van der Waals surface area contributed by atoms with Gasteiger partial charge in [0.05, 0.1) is 12.2 Å². The van der Waals surface area contributed by atoms with Crippen LogP contribution in [0.4, 0.5) is 4.79 Å². The van der Waals surface area contributed by atoms with Crippen molar-refractivity contribution in [2.24, 2.45) is 0 Å². The number of nitrogens with zero attached hydrogens (tertiary/aromatic N) is 1. The van der Waals surface area contributed by atoms with Crippen molar-refractivity contribution in [1.29, 1.82) is 0 Å². The van der Waals surface area contributed by atoms with Crippen molar-refractivity contribution in [2.75, 3.05) is 26.4 Å². The first kappa shape index (κ1) is 17.8. The summed E-state index contributed by atoms with van der Waals surface area (Å²) in [4.78, 5) is 14.5. The van der Waals surface area contributed by atoms with Crippen molar-refractivity contribution in [1.82, 2.24) is 15.5 Å². The van der Waals surface area contributed by atoms with Crippen molar-refractivity contribution in [3.05, 3.63) is 23.8 Å². The molecule has 2 heterocycles. The molecular formula is C18H27N3O4. The summed E-state index contributed by atoms with van der Waals surface area (Å²) in [6.45, 7) is 9.30. The number of carbonyl (C=O) groups is 1. The Labute approximate surface area is 148 Å². The molecule has 2 N–H and O–H groups in total. The van der Waals surface area contributed by atoms with E-state index in [2.05, 4.69) is 36.3 Å². The third kappa shape index (κ3) is 4.55. The third-order valence-corrected chi connectivity index (χ3v) is 4.55. The molecule has 0 saturated carbocycles. The van der Waals surface area contributed by atoms with Gasteiger partial charge in [-0.1, -0.05) is 12.1 Å². The molecule has 0 aliphatic carbocycles. The fourth-order valence-corrected chi connectivity index (χ4v) is 3.31. The summed E-state index contributed by atoms with van der Waals surface area (Å²) in [5.41, 5.74) is 0.911. The van der Waals surface area contributed by atoms with Gasteiger partial charge in [0, 0.05) is 37.8 Å². The van der Waals surface area contributed by atoms with Crippen LogP contribution in [0.3, 0.4) is 0 Å². The molecule has 2 aliphatic rings. The molecule has 7 nitrogen and oxygen atoms in total. The maximum atomic E-state index is 12.1. The van der Waals surface area contributed by atoms with E-state index in [4.69, 9.17) is 14.2 Å². The summed E-state index contributed by atoms with van der Waals surface area (Å²) in [5, 5.41) is 5.82. The van der Waals surface area contributed by atoms with E-state index in [0.717, 1.165) is 24.4 Å². The second-order valence-electron chi connectivity index (χ2n) is 6.77. The number of fused-ring (bicyclic) bond motifs is 1. The smallest absolute Gasteiger partial charge is 0.315 e. The van der Waals surface area contributed by atoms with Crippen LogP contribution in [0.1, 0.15) is 26.3 Å². The molecule has 3 atom stereocenters. The number of urea groups is 1. The standard InChI is InChI=1S/C18H27N3O4/c1-12(21-9-13(2)25-14(3)10-21)7-19-18(22)20-8-15-5-4-6-16-17(15)24-11-23-16/h4-6,12-14H,7-11H2,1-3H3,(H2,19,20,22)/t12-,13-,14+/m0/s1. The van der Waals surface area contributed by atoms with E-state index in [0.29, 0.717) is 18.8 Å². The van der Waals surface area contributed by atoms with Crippen LogP contribution in [-0.2, 0) is 11.3 Å². The fraction of sp³-hybridized carbons (Fsp3) is 0.611. The number of amides is 2. The summed E-state index contributed by atoms with van der Waals surface area (Å²) in [6.07, 6.45) is 0.449. The Morgan fingerprint density at radius 3 is 2.76 bits per heavy atom. The van der Waals surface area contributed by atoms with Crippen molar-refractivity contribution in [3.8, 4) is 11.5 Å². The van der Waals surface area contributed by atoms with Gasteiger partial charge in [-0.25, -0.2) is 4.79 Å². The van der Waals surface area contributed by atoms with Crippen LogP contribution in [0.15, 0.2) is 18.2 Å². The van der Waals surface area contributed by atoms with Gasteiger partial charge in [-0.3, -0.25) is 4.90 Å². The molecule has 25 heavy (non-hydrogen) atoms. The van der Waals surface area contributed by atoms with E-state index < -0.39 is 0 Å². The van der Waals surface area contributed by atoms with Crippen molar-refractivity contribution in [2.45, 2.75) is 45.6 Å². The van der Waals surface area contributed by atoms with Crippen LogP contribution in [0.25, 0.3) is 0 Å². The normalized spacial score (nSPS) is 24.0. The van der Waals surface area contributed by atoms with Crippen LogP contribution in [0, 0.1) is 0 Å². The van der Waals surface area contributed by atoms with E-state index in [-0.39, 0.29) is 31.1 Å². The number of benzene rings is 1. The summed E-state index contributed by atoms with van der Waals surface area (Å²) in [6, 6.07) is 5.76. The minimum Gasteiger partial charge on any atom is -0.454 e. The van der Waals surface area contributed by atoms with Crippen molar-refractivity contribution in [3.63, 3.8) is 0 Å². The first-order chi connectivity index (χ1) is 12.0. The molecule has 0 unspecified atom stereocenters. The summed E-state index contributed by atoms with van der Waals surface area (Å²) < 4.78 is 16.5. The van der Waals surface area contributed by atoms with Gasteiger partial charge in [-0.05, 0) is 26.8 Å². The lowest BCUT2D eigenvalue weighted by molar-refractivity contribution is -0.0778. The number of morpholine rings is 1. The van der Waals surface area contributed by atoms with Gasteiger partial charge in [-0.2, -0.15) is 0 Å². The Kier molecular flexibility index (Phi) is 5.65. The van der Waals surface area contributed by atoms with Gasteiger partial charge in [0.15, 0.2) is 11.5 Å². The van der Waals surface area contributed by atoms with Gasteiger partial charge >= 0.3 is 6.03 Å². The first-order valence-electron chi connectivity index (χ1n) is 8.81. The van der Waals surface area contributed by atoms with E-state index in [1.54, 1.807) is 0 Å². The highest BCUT2D eigenvalue weighted by molar-refractivity contribution is 5.74. The van der Waals surface area contributed by atoms with Crippen LogP contribution in [-0.4, -0.2) is 55.6 Å². The number of rotatable bonds is 5. The van der Waals surface area contributed by atoms with E-state index in [1.165, 1.54) is 0 Å². The average Bonchev–Trinajstić information content (AvgIpc) is 3.06. The van der Waals surface area contributed by atoms with Crippen LogP contribution >= 0.6 is 0 Å². The zero-order valence-corrected chi connectivity index (χ0v) is 15.1. The van der Waals surface area contributed by atoms with Gasteiger partial charge < -0.3 is 24.8 Å². The monoisotopic (exact) mass is 349 g/mol. The summed E-state index contributed by atoms with van der Waals surface area (Å²) >= 11 is 0. The zero-order valence-electron chi connectivity index (χ0n) is 15.1. The predicted octanol–water partition coefficient (Wildman–Crippen LogP) is 1.71. The number of ether oxygens (including phenoxy) is 3. The fourth-order valence-electron chi connectivity index (χ4n) is 3.31. The van der Waals surface area contributed by atoms with E-state index >= 15 is 0 Å². The second-order valence-corrected chi connectivity index (χ2v) is 6.77. The largest absolute Gasteiger partial charge is 0.454 e. The lowest BCUT2D eigenvalue weighted by Crippen LogP contribution is -2.52. The average molecular weight is 349 g/mol. The van der Waals surface area contributed by atoms with Gasteiger partial charge in [0.2, 0.25) is 6.79 Å². The summed E-state index contributed by atoms with van der Waals surface area (Å²) in [7, 11) is 0. The number of hydrogen-bond donors (Lipinski definition) is 2. The molecule has 1 saturated heterocycles. The second kappa shape index (κ2) is 7.93. The minimum atomic E-state index is -0.183. The Morgan fingerprint density at radius 1 is 1.24 bits per heavy atom. The third-order valence-electron chi connectivity index (χ3n) is 4.55. The molecule has 1 fully saturated rings. The van der Waals surface area contributed by atoms with Gasteiger partial charge in [0.1, 0.15) is 0 Å².